The highest BCUT2D eigenvalue weighted by atomic mass is 16.5. The van der Waals surface area contributed by atoms with Crippen molar-refractivity contribution in [1.82, 2.24) is 0 Å². The van der Waals surface area contributed by atoms with Gasteiger partial charge in [0, 0.05) is 17.5 Å². The van der Waals surface area contributed by atoms with Gasteiger partial charge in [-0.1, -0.05) is 0 Å². The largest absolute Gasteiger partial charge is 0.512 e. The van der Waals surface area contributed by atoms with Gasteiger partial charge in [0.15, 0.2) is 0 Å². The van der Waals surface area contributed by atoms with Crippen LogP contribution in [0.5, 0.6) is 23.0 Å². The molecule has 0 saturated carbocycles. The zero-order valence-corrected chi connectivity index (χ0v) is 14.6. The summed E-state index contributed by atoms with van der Waals surface area (Å²) in [6.07, 6.45) is 1.59. The van der Waals surface area contributed by atoms with Gasteiger partial charge < -0.3 is 24.8 Å². The lowest BCUT2D eigenvalue weighted by molar-refractivity contribution is 0.0968. The second-order valence-electron chi connectivity index (χ2n) is 6.36. The minimum absolute atomic E-state index is 0.0156. The van der Waals surface area contributed by atoms with Crippen LogP contribution in [0, 0.1) is 0 Å². The number of aliphatic hydroxyl groups excluding tert-OH is 1. The van der Waals surface area contributed by atoms with Crippen molar-refractivity contribution in [3.8, 4) is 23.0 Å². The van der Waals surface area contributed by atoms with E-state index >= 15 is 0 Å². The topological polar surface area (TPSA) is 113 Å². The Morgan fingerprint density at radius 3 is 1.74 bits per heavy atom. The lowest BCUT2D eigenvalue weighted by Gasteiger charge is -2.26. The Morgan fingerprint density at radius 2 is 1.26 bits per heavy atom. The number of phenols is 2. The fraction of sp³-hybridized carbons (Fsp3) is 0.200. The summed E-state index contributed by atoms with van der Waals surface area (Å²) in [6, 6.07) is 3.00. The van der Waals surface area contributed by atoms with Crippen LogP contribution in [0.1, 0.15) is 43.0 Å². The number of carbonyl (C=O) groups excluding carboxylic acids is 2. The number of fused-ring (bicyclic) bond motifs is 3. The summed E-state index contributed by atoms with van der Waals surface area (Å²) in [7, 11) is 2.73. The first-order valence-corrected chi connectivity index (χ1v) is 8.22. The number of phenolic OH excluding ortho intramolecular Hbond substituents is 2. The number of methoxy groups -OCH3 is 2. The maximum atomic E-state index is 13.2. The van der Waals surface area contributed by atoms with Crippen LogP contribution < -0.4 is 9.47 Å². The number of allylic oxidation sites excluding steroid dienone is 2. The number of hydrogen-bond acceptors (Lipinski definition) is 7. The molecule has 0 heterocycles. The zero-order chi connectivity index (χ0) is 19.5. The first kappa shape index (κ1) is 17.0. The molecule has 0 radical (unpaired) electrons. The maximum Gasteiger partial charge on any atom is 0.202 e. The number of hydrogen-bond donors (Lipinski definition) is 3. The third-order valence-electron chi connectivity index (χ3n) is 5.04. The van der Waals surface area contributed by atoms with Crippen LogP contribution in [0.2, 0.25) is 0 Å². The monoisotopic (exact) mass is 368 g/mol. The fourth-order valence-corrected chi connectivity index (χ4v) is 3.76. The molecule has 0 aromatic heterocycles. The maximum absolute atomic E-state index is 13.2. The van der Waals surface area contributed by atoms with Gasteiger partial charge in [0.2, 0.25) is 11.6 Å². The van der Waals surface area contributed by atoms with Crippen molar-refractivity contribution < 1.29 is 34.4 Å². The van der Waals surface area contributed by atoms with Crippen LogP contribution in [0.15, 0.2) is 24.0 Å². The third kappa shape index (κ3) is 2.14. The van der Waals surface area contributed by atoms with Crippen LogP contribution in [-0.2, 0) is 12.8 Å². The molecule has 0 atom stereocenters. The first-order chi connectivity index (χ1) is 12.9. The minimum Gasteiger partial charge on any atom is -0.512 e. The van der Waals surface area contributed by atoms with Crippen molar-refractivity contribution in [2.45, 2.75) is 12.8 Å². The Labute approximate surface area is 154 Å². The van der Waals surface area contributed by atoms with Gasteiger partial charge in [-0.3, -0.25) is 9.59 Å². The zero-order valence-electron chi connectivity index (χ0n) is 14.6. The van der Waals surface area contributed by atoms with Crippen LogP contribution in [-0.4, -0.2) is 41.1 Å². The molecule has 2 aromatic carbocycles. The molecule has 0 fully saturated rings. The Hall–Kier alpha value is -3.48. The number of ketones is 2. The van der Waals surface area contributed by atoms with Gasteiger partial charge >= 0.3 is 0 Å². The SMILES string of the molecule is COc1ccc(OC)c2c1C(=O)c1c(O)c3c(c(O)c1C2=O)CC(O)=CC3. The van der Waals surface area contributed by atoms with Gasteiger partial charge in [-0.15, -0.1) is 0 Å². The predicted octanol–water partition coefficient (Wildman–Crippen LogP) is 2.43. The van der Waals surface area contributed by atoms with Crippen molar-refractivity contribution in [3.63, 3.8) is 0 Å². The minimum atomic E-state index is -0.653. The van der Waals surface area contributed by atoms with Crippen LogP contribution >= 0.6 is 0 Å². The molecule has 0 aliphatic heterocycles. The van der Waals surface area contributed by atoms with Gasteiger partial charge in [-0.05, 0) is 24.6 Å². The van der Waals surface area contributed by atoms with Crippen LogP contribution in [0.25, 0.3) is 0 Å². The summed E-state index contributed by atoms with van der Waals surface area (Å²) < 4.78 is 10.5. The van der Waals surface area contributed by atoms with E-state index in [9.17, 15) is 24.9 Å². The normalized spacial score (nSPS) is 14.8. The van der Waals surface area contributed by atoms with Crippen molar-refractivity contribution in [2.24, 2.45) is 0 Å². The number of aliphatic hydroxyl groups is 1. The Balaban J connectivity index is 2.08. The van der Waals surface area contributed by atoms with Crippen molar-refractivity contribution in [2.75, 3.05) is 14.2 Å². The highest BCUT2D eigenvalue weighted by Crippen LogP contribution is 2.48. The van der Waals surface area contributed by atoms with E-state index in [1.807, 2.05) is 0 Å². The predicted molar refractivity (Wildman–Crippen MR) is 94.3 cm³/mol. The molecule has 7 nitrogen and oxygen atoms in total. The number of carbonyl (C=O) groups is 2. The molecule has 0 spiro atoms. The van der Waals surface area contributed by atoms with Gasteiger partial charge in [0.25, 0.3) is 0 Å². The number of benzene rings is 2. The second-order valence-corrected chi connectivity index (χ2v) is 6.36. The first-order valence-electron chi connectivity index (χ1n) is 8.22. The lowest BCUT2D eigenvalue weighted by Crippen LogP contribution is -2.24. The Morgan fingerprint density at radius 1 is 0.778 bits per heavy atom. The second kappa shape index (κ2) is 5.77. The third-order valence-corrected chi connectivity index (χ3v) is 5.04. The molecule has 0 amide bonds. The molecular formula is C20H16O7. The quantitative estimate of drug-likeness (QED) is 0.595. The average Bonchev–Trinajstić information content (AvgIpc) is 2.67. The van der Waals surface area contributed by atoms with Gasteiger partial charge in [0.1, 0.15) is 23.0 Å². The van der Waals surface area contributed by atoms with E-state index in [-0.39, 0.29) is 63.7 Å². The van der Waals surface area contributed by atoms with Gasteiger partial charge in [-0.2, -0.15) is 0 Å². The Bertz CT molecular complexity index is 1060. The molecule has 4 rings (SSSR count). The summed E-state index contributed by atoms with van der Waals surface area (Å²) in [5, 5.41) is 31.2. The molecule has 2 aliphatic carbocycles. The van der Waals surface area contributed by atoms with Crippen molar-refractivity contribution in [3.05, 3.63) is 57.3 Å². The fourth-order valence-electron chi connectivity index (χ4n) is 3.76. The van der Waals surface area contributed by atoms with E-state index in [0.29, 0.717) is 5.56 Å². The number of ether oxygens (including phenoxy) is 2. The van der Waals surface area contributed by atoms with Crippen molar-refractivity contribution in [1.29, 1.82) is 0 Å². The standard InChI is InChI=1S/C20H16O7/c1-26-11-5-6-12(27-2)14-13(11)19(24)15-16(20(14)25)18(23)10-7-8(21)3-4-9(10)17(15)22/h3,5-6,21-23H,4,7H2,1-2H3. The van der Waals surface area contributed by atoms with Crippen LogP contribution in [0.3, 0.4) is 0 Å². The van der Waals surface area contributed by atoms with Gasteiger partial charge in [0.05, 0.1) is 42.2 Å². The van der Waals surface area contributed by atoms with E-state index in [1.54, 1.807) is 0 Å². The van der Waals surface area contributed by atoms with Crippen molar-refractivity contribution >= 4 is 11.6 Å². The van der Waals surface area contributed by atoms with E-state index in [1.165, 1.54) is 32.4 Å². The molecule has 7 heteroatoms. The molecule has 0 saturated heterocycles. The molecule has 138 valence electrons. The summed E-state index contributed by atoms with van der Waals surface area (Å²) >= 11 is 0. The smallest absolute Gasteiger partial charge is 0.202 e. The highest BCUT2D eigenvalue weighted by molar-refractivity contribution is 6.32. The summed E-state index contributed by atoms with van der Waals surface area (Å²) in [6.45, 7) is 0. The summed E-state index contributed by atoms with van der Waals surface area (Å²) in [5.74, 6) is -1.71. The van der Waals surface area contributed by atoms with E-state index in [2.05, 4.69) is 0 Å². The molecular weight excluding hydrogens is 352 g/mol. The average molecular weight is 368 g/mol. The molecule has 2 aliphatic rings. The van der Waals surface area contributed by atoms with Gasteiger partial charge in [-0.25, -0.2) is 0 Å². The highest BCUT2D eigenvalue weighted by Gasteiger charge is 2.41. The number of rotatable bonds is 2. The summed E-state index contributed by atoms with van der Waals surface area (Å²) in [4.78, 5) is 26.4. The molecule has 0 bridgehead atoms. The Kier molecular flexibility index (Phi) is 3.62. The summed E-state index contributed by atoms with van der Waals surface area (Å²) in [5.41, 5.74) is -0.0407. The molecule has 2 aromatic rings. The lowest BCUT2D eigenvalue weighted by atomic mass is 9.78. The molecule has 3 N–H and O–H groups in total. The molecule has 27 heavy (non-hydrogen) atoms. The molecule has 0 unspecified atom stereocenters. The van der Waals surface area contributed by atoms with E-state index in [4.69, 9.17) is 9.47 Å². The number of aromatic hydroxyl groups is 2. The van der Waals surface area contributed by atoms with Crippen LogP contribution in [0.4, 0.5) is 0 Å². The van der Waals surface area contributed by atoms with E-state index in [0.717, 1.165) is 0 Å². The van der Waals surface area contributed by atoms with E-state index < -0.39 is 17.3 Å².